The van der Waals surface area contributed by atoms with Crippen molar-refractivity contribution in [1.29, 1.82) is 0 Å². The number of hydrogen-bond acceptors (Lipinski definition) is 3. The Balaban J connectivity index is 2.47. The summed E-state index contributed by atoms with van der Waals surface area (Å²) < 4.78 is 2.00. The molecule has 2 rings (SSSR count). The van der Waals surface area contributed by atoms with Crippen molar-refractivity contribution in [2.24, 2.45) is 0 Å². The summed E-state index contributed by atoms with van der Waals surface area (Å²) in [6.45, 7) is 6.95. The van der Waals surface area contributed by atoms with Crippen LogP contribution in [0.4, 0.5) is 5.82 Å². The van der Waals surface area contributed by atoms with Gasteiger partial charge in [0, 0.05) is 17.1 Å². The maximum atomic E-state index is 6.26. The maximum Gasteiger partial charge on any atom is 0.128 e. The highest BCUT2D eigenvalue weighted by Gasteiger charge is 2.29. The average molecular weight is 263 g/mol. The Hall–Kier alpha value is -1.08. The first-order valence-corrected chi connectivity index (χ1v) is 7.48. The van der Waals surface area contributed by atoms with Gasteiger partial charge in [0.2, 0.25) is 0 Å². The quantitative estimate of drug-likeness (QED) is 0.834. The van der Waals surface area contributed by atoms with E-state index in [1.165, 1.54) is 12.2 Å². The third-order valence-corrected chi connectivity index (χ3v) is 4.43. The van der Waals surface area contributed by atoms with E-state index in [9.17, 15) is 0 Å². The van der Waals surface area contributed by atoms with E-state index in [1.807, 2.05) is 16.3 Å². The summed E-state index contributed by atoms with van der Waals surface area (Å²) in [5, 5.41) is 0. The number of imidazole rings is 1. The largest absolute Gasteiger partial charge is 0.384 e. The van der Waals surface area contributed by atoms with Gasteiger partial charge >= 0.3 is 0 Å². The van der Waals surface area contributed by atoms with Crippen LogP contribution in [0.25, 0.3) is 0 Å². The van der Waals surface area contributed by atoms with Crippen molar-refractivity contribution in [2.75, 3.05) is 17.2 Å². The highest BCUT2D eigenvalue weighted by Crippen LogP contribution is 2.37. The first-order chi connectivity index (χ1) is 8.45. The molecule has 0 aliphatic carbocycles. The molecule has 0 bridgehead atoms. The molecule has 98 valence electrons. The average Bonchev–Trinajstić information content (AvgIpc) is 2.87. The lowest BCUT2D eigenvalue weighted by Gasteiger charge is -2.19. The van der Waals surface area contributed by atoms with E-state index in [2.05, 4.69) is 26.7 Å². The minimum Gasteiger partial charge on any atom is -0.384 e. The van der Waals surface area contributed by atoms with Gasteiger partial charge < -0.3 is 10.3 Å². The molecule has 1 fully saturated rings. The smallest absolute Gasteiger partial charge is 0.128 e. The number of nitrogen functional groups attached to an aromatic ring is 1. The Labute approximate surface area is 114 Å². The van der Waals surface area contributed by atoms with Crippen LogP contribution in [-0.2, 0) is 12.0 Å². The zero-order valence-corrected chi connectivity index (χ0v) is 12.2. The van der Waals surface area contributed by atoms with Gasteiger partial charge in [-0.1, -0.05) is 26.7 Å². The fraction of sp³-hybridized carbons (Fsp3) is 0.643. The van der Waals surface area contributed by atoms with Gasteiger partial charge in [0.1, 0.15) is 11.6 Å². The summed E-state index contributed by atoms with van der Waals surface area (Å²) >= 11 is 1.98. The van der Waals surface area contributed by atoms with Gasteiger partial charge in [-0.25, -0.2) is 4.98 Å². The topological polar surface area (TPSA) is 43.8 Å². The van der Waals surface area contributed by atoms with Crippen LogP contribution in [0, 0.1) is 12.3 Å². The van der Waals surface area contributed by atoms with Gasteiger partial charge in [-0.2, -0.15) is 11.8 Å². The zero-order valence-electron chi connectivity index (χ0n) is 11.4. The van der Waals surface area contributed by atoms with E-state index >= 15 is 0 Å². The van der Waals surface area contributed by atoms with Crippen molar-refractivity contribution < 1.29 is 0 Å². The monoisotopic (exact) mass is 263 g/mol. The van der Waals surface area contributed by atoms with Crippen LogP contribution < -0.4 is 5.73 Å². The van der Waals surface area contributed by atoms with Crippen LogP contribution in [0.15, 0.2) is 0 Å². The molecular formula is C14H21N3S. The van der Waals surface area contributed by atoms with E-state index in [-0.39, 0.29) is 5.41 Å². The van der Waals surface area contributed by atoms with Crippen LogP contribution in [0.3, 0.4) is 0 Å². The number of nitrogens with two attached hydrogens (primary N) is 1. The second kappa shape index (κ2) is 4.89. The summed E-state index contributed by atoms with van der Waals surface area (Å²) in [7, 11) is 0. The number of aromatic nitrogens is 2. The van der Waals surface area contributed by atoms with Crippen molar-refractivity contribution in [3.63, 3.8) is 0 Å². The Morgan fingerprint density at radius 1 is 1.56 bits per heavy atom. The van der Waals surface area contributed by atoms with Crippen molar-refractivity contribution in [3.05, 3.63) is 11.5 Å². The standard InChI is InChI=1S/C14H21N3S/c1-5-7-17-12(15)11(10-6-8-18-9-10)16-13(17)14(2,3)4/h1,10H,6-9,15H2,2-4H3. The van der Waals surface area contributed by atoms with Gasteiger partial charge in [0.15, 0.2) is 0 Å². The van der Waals surface area contributed by atoms with Crippen molar-refractivity contribution in [3.8, 4) is 12.3 Å². The molecule has 1 aliphatic rings. The molecule has 1 saturated heterocycles. The van der Waals surface area contributed by atoms with Crippen molar-refractivity contribution >= 4 is 17.6 Å². The molecule has 2 heterocycles. The highest BCUT2D eigenvalue weighted by atomic mass is 32.2. The third kappa shape index (κ3) is 2.37. The van der Waals surface area contributed by atoms with Crippen molar-refractivity contribution in [1.82, 2.24) is 9.55 Å². The predicted octanol–water partition coefficient (Wildman–Crippen LogP) is 2.62. The molecule has 1 aromatic heterocycles. The molecule has 1 aromatic rings. The fourth-order valence-electron chi connectivity index (χ4n) is 2.36. The normalized spacial score (nSPS) is 20.0. The van der Waals surface area contributed by atoms with Gasteiger partial charge in [-0.3, -0.25) is 0 Å². The second-order valence-corrected chi connectivity index (χ2v) is 6.96. The molecule has 4 heteroatoms. The molecule has 0 amide bonds. The maximum absolute atomic E-state index is 6.26. The van der Waals surface area contributed by atoms with E-state index in [0.717, 1.165) is 23.1 Å². The van der Waals surface area contributed by atoms with Crippen LogP contribution in [-0.4, -0.2) is 21.1 Å². The molecule has 0 aromatic carbocycles. The Morgan fingerprint density at radius 3 is 2.78 bits per heavy atom. The first kappa shape index (κ1) is 13.4. The van der Waals surface area contributed by atoms with E-state index in [0.29, 0.717) is 12.5 Å². The molecule has 2 N–H and O–H groups in total. The van der Waals surface area contributed by atoms with Crippen LogP contribution in [0.1, 0.15) is 44.6 Å². The fourth-order valence-corrected chi connectivity index (χ4v) is 3.59. The number of nitrogens with zero attached hydrogens (tertiary/aromatic N) is 2. The van der Waals surface area contributed by atoms with Crippen LogP contribution >= 0.6 is 11.8 Å². The molecule has 1 unspecified atom stereocenters. The Kier molecular flexibility index (Phi) is 3.63. The molecule has 1 aliphatic heterocycles. The van der Waals surface area contributed by atoms with E-state index in [1.54, 1.807) is 0 Å². The summed E-state index contributed by atoms with van der Waals surface area (Å²) in [4.78, 5) is 4.81. The van der Waals surface area contributed by atoms with Crippen LogP contribution in [0.2, 0.25) is 0 Å². The summed E-state index contributed by atoms with van der Waals surface area (Å²) in [5.74, 6) is 7.28. The van der Waals surface area contributed by atoms with Crippen molar-refractivity contribution in [2.45, 2.75) is 45.1 Å². The molecule has 1 atom stereocenters. The number of rotatable bonds is 2. The lowest BCUT2D eigenvalue weighted by atomic mass is 9.95. The summed E-state index contributed by atoms with van der Waals surface area (Å²) in [6.07, 6.45) is 6.62. The van der Waals surface area contributed by atoms with Crippen LogP contribution in [0.5, 0.6) is 0 Å². The lowest BCUT2D eigenvalue weighted by molar-refractivity contribution is 0.516. The number of hydrogen-bond donors (Lipinski definition) is 1. The molecule has 0 saturated carbocycles. The number of thioether (sulfide) groups is 1. The SMILES string of the molecule is C#CCn1c(C(C)(C)C)nc(C2CCSC2)c1N. The summed E-state index contributed by atoms with van der Waals surface area (Å²) in [5.41, 5.74) is 7.29. The molecule has 0 spiro atoms. The van der Waals surface area contributed by atoms with E-state index in [4.69, 9.17) is 17.1 Å². The van der Waals surface area contributed by atoms with Gasteiger partial charge in [0.25, 0.3) is 0 Å². The third-order valence-electron chi connectivity index (χ3n) is 3.27. The molecule has 18 heavy (non-hydrogen) atoms. The van der Waals surface area contributed by atoms with Gasteiger partial charge in [-0.15, -0.1) is 6.42 Å². The molecular weight excluding hydrogens is 242 g/mol. The summed E-state index contributed by atoms with van der Waals surface area (Å²) in [6, 6.07) is 0. The Morgan fingerprint density at radius 2 is 2.28 bits per heavy atom. The van der Waals surface area contributed by atoms with Gasteiger partial charge in [0.05, 0.1) is 12.2 Å². The number of anilines is 1. The Bertz CT molecular complexity index is 470. The minimum atomic E-state index is -0.0328. The molecule has 3 nitrogen and oxygen atoms in total. The molecule has 0 radical (unpaired) electrons. The lowest BCUT2D eigenvalue weighted by Crippen LogP contribution is -2.19. The van der Waals surface area contributed by atoms with Gasteiger partial charge in [-0.05, 0) is 12.2 Å². The second-order valence-electron chi connectivity index (χ2n) is 5.81. The van der Waals surface area contributed by atoms with E-state index < -0.39 is 0 Å². The first-order valence-electron chi connectivity index (χ1n) is 6.32. The predicted molar refractivity (Wildman–Crippen MR) is 78.9 cm³/mol. The highest BCUT2D eigenvalue weighted by molar-refractivity contribution is 7.99. The zero-order chi connectivity index (χ0) is 13.3. The minimum absolute atomic E-state index is 0.0328. The number of terminal acetylenes is 1.